The van der Waals surface area contributed by atoms with E-state index in [2.05, 4.69) is 15.4 Å². The first kappa shape index (κ1) is 24.0. The molecule has 0 aromatic carbocycles. The van der Waals surface area contributed by atoms with Crippen LogP contribution in [0, 0.1) is 26.7 Å². The largest absolute Gasteiger partial charge is 0.444 e. The van der Waals surface area contributed by atoms with Crippen LogP contribution in [-0.2, 0) is 16.0 Å². The van der Waals surface area contributed by atoms with Crippen LogP contribution in [0.2, 0.25) is 0 Å². The third-order valence-corrected chi connectivity index (χ3v) is 5.93. The fraction of sp³-hybridized carbons (Fsp3) is 0.667. The Morgan fingerprint density at radius 2 is 2.00 bits per heavy atom. The minimum absolute atomic E-state index is 0.0420. The second-order valence-corrected chi connectivity index (χ2v) is 9.89. The highest BCUT2D eigenvalue weighted by molar-refractivity contribution is 5.76. The molecule has 1 N–H and O–H groups in total. The SMILES string of the molecule is Cc1cc2nc(C)c(CCC(=O)NCCC3CCCN(C(=O)OC(C)(C)C)C3)c(C)n2n1. The van der Waals surface area contributed by atoms with Crippen LogP contribution in [0.4, 0.5) is 4.79 Å². The van der Waals surface area contributed by atoms with E-state index in [0.29, 0.717) is 31.8 Å². The van der Waals surface area contributed by atoms with Gasteiger partial charge in [0, 0.05) is 43.5 Å². The van der Waals surface area contributed by atoms with Crippen molar-refractivity contribution in [2.75, 3.05) is 19.6 Å². The second-order valence-electron chi connectivity index (χ2n) is 9.89. The lowest BCUT2D eigenvalue weighted by atomic mass is 9.95. The predicted molar refractivity (Wildman–Crippen MR) is 124 cm³/mol. The Bertz CT molecular complexity index is 976. The van der Waals surface area contributed by atoms with E-state index in [4.69, 9.17) is 4.74 Å². The number of fused-ring (bicyclic) bond motifs is 1. The third-order valence-electron chi connectivity index (χ3n) is 5.93. The maximum Gasteiger partial charge on any atom is 0.410 e. The van der Waals surface area contributed by atoms with Gasteiger partial charge >= 0.3 is 6.09 Å². The summed E-state index contributed by atoms with van der Waals surface area (Å²) in [5, 5.41) is 7.54. The zero-order chi connectivity index (χ0) is 23.5. The van der Waals surface area contributed by atoms with E-state index in [-0.39, 0.29) is 12.0 Å². The van der Waals surface area contributed by atoms with E-state index in [1.807, 2.05) is 52.1 Å². The number of aryl methyl sites for hydroxylation is 3. The highest BCUT2D eigenvalue weighted by Crippen LogP contribution is 2.21. The number of ether oxygens (including phenoxy) is 1. The molecule has 176 valence electrons. The van der Waals surface area contributed by atoms with Crippen LogP contribution in [0.15, 0.2) is 6.07 Å². The molecule has 2 aromatic rings. The van der Waals surface area contributed by atoms with Gasteiger partial charge in [0.25, 0.3) is 0 Å². The van der Waals surface area contributed by atoms with Crippen LogP contribution in [0.1, 0.15) is 69.1 Å². The molecule has 1 aliphatic rings. The average Bonchev–Trinajstić information content (AvgIpc) is 3.07. The number of nitrogens with one attached hydrogen (secondary N) is 1. The molecule has 3 rings (SSSR count). The molecule has 1 atom stereocenters. The molecular weight excluding hydrogens is 406 g/mol. The highest BCUT2D eigenvalue weighted by Gasteiger charge is 2.27. The standard InChI is InChI=1S/C24H37N5O3/c1-16-14-21-26-17(2)20(18(3)29(21)27-16)9-10-22(30)25-12-11-19-8-7-13-28(15-19)23(31)32-24(4,5)6/h14,19H,7-13,15H2,1-6H3,(H,25,30). The Labute approximate surface area is 190 Å². The molecule has 8 nitrogen and oxygen atoms in total. The number of nitrogens with zero attached hydrogens (tertiary/aromatic N) is 4. The van der Waals surface area contributed by atoms with Crippen molar-refractivity contribution in [3.63, 3.8) is 0 Å². The number of piperidine rings is 1. The van der Waals surface area contributed by atoms with Gasteiger partial charge in [-0.3, -0.25) is 4.79 Å². The first-order valence-corrected chi connectivity index (χ1v) is 11.6. The van der Waals surface area contributed by atoms with Crippen molar-refractivity contribution in [3.05, 3.63) is 28.7 Å². The molecule has 0 spiro atoms. The normalized spacial score (nSPS) is 16.9. The summed E-state index contributed by atoms with van der Waals surface area (Å²) in [5.74, 6) is 0.427. The molecule has 32 heavy (non-hydrogen) atoms. The van der Waals surface area contributed by atoms with Crippen molar-refractivity contribution >= 4 is 17.6 Å². The zero-order valence-electron chi connectivity index (χ0n) is 20.3. The maximum absolute atomic E-state index is 12.4. The van der Waals surface area contributed by atoms with Gasteiger partial charge in [0.2, 0.25) is 5.91 Å². The Morgan fingerprint density at radius 1 is 1.25 bits per heavy atom. The third kappa shape index (κ3) is 6.20. The van der Waals surface area contributed by atoms with Crippen molar-refractivity contribution in [1.29, 1.82) is 0 Å². The Morgan fingerprint density at radius 3 is 2.72 bits per heavy atom. The van der Waals surface area contributed by atoms with E-state index in [1.165, 1.54) is 0 Å². The van der Waals surface area contributed by atoms with Crippen LogP contribution in [0.3, 0.4) is 0 Å². The molecule has 1 saturated heterocycles. The second kappa shape index (κ2) is 9.88. The summed E-state index contributed by atoms with van der Waals surface area (Å²) in [5.41, 5.74) is 4.37. The maximum atomic E-state index is 12.4. The van der Waals surface area contributed by atoms with Gasteiger partial charge in [0.05, 0.1) is 5.69 Å². The number of hydrogen-bond acceptors (Lipinski definition) is 5. The van der Waals surface area contributed by atoms with Gasteiger partial charge in [0.15, 0.2) is 5.65 Å². The number of carbonyl (C=O) groups excluding carboxylic acids is 2. The molecule has 2 amide bonds. The zero-order valence-corrected chi connectivity index (χ0v) is 20.3. The molecule has 0 saturated carbocycles. The summed E-state index contributed by atoms with van der Waals surface area (Å²) in [6.07, 6.45) is 3.73. The Hall–Kier alpha value is -2.64. The number of hydrogen-bond donors (Lipinski definition) is 1. The number of amides is 2. The van der Waals surface area contributed by atoms with Gasteiger partial charge in [-0.2, -0.15) is 5.10 Å². The average molecular weight is 444 g/mol. The van der Waals surface area contributed by atoms with E-state index in [9.17, 15) is 9.59 Å². The lowest BCUT2D eigenvalue weighted by Crippen LogP contribution is -2.43. The summed E-state index contributed by atoms with van der Waals surface area (Å²) in [7, 11) is 0. The first-order valence-electron chi connectivity index (χ1n) is 11.6. The van der Waals surface area contributed by atoms with Crippen molar-refractivity contribution in [1.82, 2.24) is 24.8 Å². The van der Waals surface area contributed by atoms with Gasteiger partial charge in [-0.05, 0) is 78.7 Å². The van der Waals surface area contributed by atoms with Gasteiger partial charge in [-0.1, -0.05) is 0 Å². The Balaban J connectivity index is 1.45. The van der Waals surface area contributed by atoms with Crippen molar-refractivity contribution in [2.24, 2.45) is 5.92 Å². The fourth-order valence-corrected chi connectivity index (χ4v) is 4.34. The summed E-state index contributed by atoms with van der Waals surface area (Å²) in [4.78, 5) is 31.2. The molecule has 1 aliphatic heterocycles. The van der Waals surface area contributed by atoms with E-state index in [0.717, 1.165) is 54.1 Å². The van der Waals surface area contributed by atoms with E-state index in [1.54, 1.807) is 4.90 Å². The van der Waals surface area contributed by atoms with Gasteiger partial charge < -0.3 is 15.0 Å². The van der Waals surface area contributed by atoms with Crippen molar-refractivity contribution < 1.29 is 14.3 Å². The molecule has 2 aromatic heterocycles. The van der Waals surface area contributed by atoms with Crippen LogP contribution in [0.5, 0.6) is 0 Å². The van der Waals surface area contributed by atoms with Gasteiger partial charge in [0.1, 0.15) is 5.60 Å². The lowest BCUT2D eigenvalue weighted by molar-refractivity contribution is -0.121. The van der Waals surface area contributed by atoms with Crippen LogP contribution >= 0.6 is 0 Å². The molecule has 1 fully saturated rings. The van der Waals surface area contributed by atoms with Gasteiger partial charge in [-0.25, -0.2) is 14.3 Å². The highest BCUT2D eigenvalue weighted by atomic mass is 16.6. The van der Waals surface area contributed by atoms with E-state index >= 15 is 0 Å². The lowest BCUT2D eigenvalue weighted by Gasteiger charge is -2.34. The summed E-state index contributed by atoms with van der Waals surface area (Å²) >= 11 is 0. The summed E-state index contributed by atoms with van der Waals surface area (Å²) < 4.78 is 7.35. The van der Waals surface area contributed by atoms with Crippen molar-refractivity contribution in [3.8, 4) is 0 Å². The molecule has 0 bridgehead atoms. The van der Waals surface area contributed by atoms with Crippen LogP contribution < -0.4 is 5.32 Å². The fourth-order valence-electron chi connectivity index (χ4n) is 4.34. The topological polar surface area (TPSA) is 88.8 Å². The number of carbonyl (C=O) groups is 2. The number of aromatic nitrogens is 3. The monoisotopic (exact) mass is 443 g/mol. The van der Waals surface area contributed by atoms with Crippen LogP contribution in [-0.4, -0.2) is 56.7 Å². The van der Waals surface area contributed by atoms with E-state index < -0.39 is 5.60 Å². The molecule has 3 heterocycles. The molecule has 1 unspecified atom stereocenters. The molecule has 0 aliphatic carbocycles. The molecule has 8 heteroatoms. The quantitative estimate of drug-likeness (QED) is 0.735. The number of rotatable bonds is 6. The summed E-state index contributed by atoms with van der Waals surface area (Å²) in [6.45, 7) is 13.7. The smallest absolute Gasteiger partial charge is 0.410 e. The number of likely N-dealkylation sites (tertiary alicyclic amines) is 1. The first-order chi connectivity index (χ1) is 15.0. The predicted octanol–water partition coefficient (Wildman–Crippen LogP) is 3.74. The van der Waals surface area contributed by atoms with Gasteiger partial charge in [-0.15, -0.1) is 0 Å². The molecular formula is C24H37N5O3. The van der Waals surface area contributed by atoms with Crippen LogP contribution in [0.25, 0.3) is 5.65 Å². The Kier molecular flexibility index (Phi) is 7.41. The molecule has 0 radical (unpaired) electrons. The minimum Gasteiger partial charge on any atom is -0.444 e. The van der Waals surface area contributed by atoms with Crippen molar-refractivity contribution in [2.45, 2.75) is 79.2 Å². The summed E-state index contributed by atoms with van der Waals surface area (Å²) in [6, 6.07) is 1.96. The minimum atomic E-state index is -0.481.